The summed E-state index contributed by atoms with van der Waals surface area (Å²) in [5.41, 5.74) is 0.246. The highest BCUT2D eigenvalue weighted by molar-refractivity contribution is 5.79. The maximum absolute atomic E-state index is 5.52. The third-order valence-electron chi connectivity index (χ3n) is 4.63. The Labute approximate surface area is 128 Å². The van der Waals surface area contributed by atoms with Crippen molar-refractivity contribution in [1.29, 1.82) is 0 Å². The number of aliphatic imine (C=N–C) groups is 1. The van der Waals surface area contributed by atoms with Gasteiger partial charge in [-0.05, 0) is 12.8 Å². The van der Waals surface area contributed by atoms with Gasteiger partial charge in [0.25, 0.3) is 0 Å². The van der Waals surface area contributed by atoms with E-state index in [1.165, 1.54) is 32.1 Å². The standard InChI is InChI=1S/C16H28N4O/c1-3-9-18-15(17-2)19-14-16(7-5-4-6-8-16)20-10-12-21-13-11-20/h1H,4-14H2,2H3,(H2,17,18,19). The van der Waals surface area contributed by atoms with Gasteiger partial charge in [0.15, 0.2) is 5.96 Å². The number of ether oxygens (including phenoxy) is 1. The molecule has 0 bridgehead atoms. The van der Waals surface area contributed by atoms with Crippen molar-refractivity contribution in [3.63, 3.8) is 0 Å². The van der Waals surface area contributed by atoms with Crippen molar-refractivity contribution in [3.8, 4) is 12.3 Å². The van der Waals surface area contributed by atoms with Gasteiger partial charge in [0.2, 0.25) is 0 Å². The highest BCUT2D eigenvalue weighted by Crippen LogP contribution is 2.33. The minimum atomic E-state index is 0.246. The molecule has 0 unspecified atom stereocenters. The monoisotopic (exact) mass is 292 g/mol. The molecule has 5 heteroatoms. The number of morpholine rings is 1. The lowest BCUT2D eigenvalue weighted by Gasteiger charge is -2.48. The van der Waals surface area contributed by atoms with Gasteiger partial charge in [-0.3, -0.25) is 9.89 Å². The van der Waals surface area contributed by atoms with Crippen molar-refractivity contribution >= 4 is 5.96 Å². The Morgan fingerprint density at radius 1 is 1.24 bits per heavy atom. The average Bonchev–Trinajstić information content (AvgIpc) is 2.57. The van der Waals surface area contributed by atoms with E-state index in [0.717, 1.165) is 38.8 Å². The van der Waals surface area contributed by atoms with Crippen LogP contribution in [0.3, 0.4) is 0 Å². The average molecular weight is 292 g/mol. The number of nitrogens with one attached hydrogen (secondary N) is 2. The second kappa shape index (κ2) is 8.26. The fourth-order valence-electron chi connectivity index (χ4n) is 3.46. The molecule has 2 N–H and O–H groups in total. The molecular formula is C16H28N4O. The van der Waals surface area contributed by atoms with Gasteiger partial charge < -0.3 is 15.4 Å². The molecule has 118 valence electrons. The Morgan fingerprint density at radius 3 is 2.57 bits per heavy atom. The fraction of sp³-hybridized carbons (Fsp3) is 0.812. The van der Waals surface area contributed by atoms with E-state index in [2.05, 4.69) is 26.4 Å². The van der Waals surface area contributed by atoms with Crippen molar-refractivity contribution < 1.29 is 4.74 Å². The molecule has 2 rings (SSSR count). The molecule has 0 aromatic heterocycles. The summed E-state index contributed by atoms with van der Waals surface area (Å²) in [7, 11) is 1.79. The Balaban J connectivity index is 1.97. The third-order valence-corrected chi connectivity index (χ3v) is 4.63. The molecule has 1 heterocycles. The molecule has 21 heavy (non-hydrogen) atoms. The van der Waals surface area contributed by atoms with Gasteiger partial charge in [-0.25, -0.2) is 0 Å². The van der Waals surface area contributed by atoms with Crippen molar-refractivity contribution in [1.82, 2.24) is 15.5 Å². The summed E-state index contributed by atoms with van der Waals surface area (Å²) in [6.45, 7) is 5.22. The summed E-state index contributed by atoms with van der Waals surface area (Å²) < 4.78 is 5.52. The minimum absolute atomic E-state index is 0.246. The molecule has 0 spiro atoms. The van der Waals surface area contributed by atoms with E-state index in [4.69, 9.17) is 11.2 Å². The van der Waals surface area contributed by atoms with Crippen LogP contribution in [0.25, 0.3) is 0 Å². The van der Waals surface area contributed by atoms with Gasteiger partial charge >= 0.3 is 0 Å². The summed E-state index contributed by atoms with van der Waals surface area (Å²) in [4.78, 5) is 6.86. The van der Waals surface area contributed by atoms with E-state index >= 15 is 0 Å². The maximum Gasteiger partial charge on any atom is 0.191 e. The highest BCUT2D eigenvalue weighted by atomic mass is 16.5. The maximum atomic E-state index is 5.52. The third kappa shape index (κ3) is 4.36. The van der Waals surface area contributed by atoms with Crippen LogP contribution in [0.1, 0.15) is 32.1 Å². The topological polar surface area (TPSA) is 48.9 Å². The summed E-state index contributed by atoms with van der Waals surface area (Å²) >= 11 is 0. The molecule has 1 aliphatic carbocycles. The van der Waals surface area contributed by atoms with Crippen molar-refractivity contribution in [2.24, 2.45) is 4.99 Å². The van der Waals surface area contributed by atoms with Crippen LogP contribution >= 0.6 is 0 Å². The first-order valence-corrected chi connectivity index (χ1v) is 8.01. The second-order valence-corrected chi connectivity index (χ2v) is 5.87. The summed E-state index contributed by atoms with van der Waals surface area (Å²) in [6.07, 6.45) is 11.8. The number of nitrogens with zero attached hydrogens (tertiary/aromatic N) is 2. The number of hydrogen-bond acceptors (Lipinski definition) is 3. The van der Waals surface area contributed by atoms with Crippen LogP contribution in [0.4, 0.5) is 0 Å². The van der Waals surface area contributed by atoms with Crippen LogP contribution in [0.15, 0.2) is 4.99 Å². The number of guanidine groups is 1. The first kappa shape index (κ1) is 16.1. The highest BCUT2D eigenvalue weighted by Gasteiger charge is 2.38. The van der Waals surface area contributed by atoms with Crippen molar-refractivity contribution in [2.45, 2.75) is 37.6 Å². The Bertz CT molecular complexity index is 376. The normalized spacial score (nSPS) is 23.3. The van der Waals surface area contributed by atoms with Crippen molar-refractivity contribution in [2.75, 3.05) is 46.4 Å². The fourth-order valence-corrected chi connectivity index (χ4v) is 3.46. The van der Waals surface area contributed by atoms with Crippen LogP contribution in [0, 0.1) is 12.3 Å². The lowest BCUT2D eigenvalue weighted by atomic mass is 9.80. The Kier molecular flexibility index (Phi) is 6.34. The van der Waals surface area contributed by atoms with Crippen LogP contribution in [-0.2, 0) is 4.74 Å². The first-order chi connectivity index (χ1) is 10.3. The predicted octanol–water partition coefficient (Wildman–Crippen LogP) is 0.820. The second-order valence-electron chi connectivity index (χ2n) is 5.87. The zero-order valence-corrected chi connectivity index (χ0v) is 13.2. The van der Waals surface area contributed by atoms with E-state index in [0.29, 0.717) is 6.54 Å². The summed E-state index contributed by atoms with van der Waals surface area (Å²) in [5.74, 6) is 3.38. The lowest BCUT2D eigenvalue weighted by Crippen LogP contribution is -2.60. The first-order valence-electron chi connectivity index (χ1n) is 8.01. The van der Waals surface area contributed by atoms with E-state index in [-0.39, 0.29) is 5.54 Å². The van der Waals surface area contributed by atoms with Gasteiger partial charge in [0, 0.05) is 32.2 Å². The number of terminal acetylenes is 1. The Morgan fingerprint density at radius 2 is 1.95 bits per heavy atom. The SMILES string of the molecule is C#CCNC(=NC)NCC1(N2CCOCC2)CCCCC1. The molecule has 0 atom stereocenters. The molecule has 0 aromatic rings. The number of rotatable bonds is 4. The quantitative estimate of drug-likeness (QED) is 0.458. The van der Waals surface area contributed by atoms with E-state index in [1.54, 1.807) is 7.05 Å². The van der Waals surface area contributed by atoms with Crippen LogP contribution < -0.4 is 10.6 Å². The van der Waals surface area contributed by atoms with E-state index in [1.807, 2.05) is 0 Å². The molecule has 1 saturated heterocycles. The molecule has 0 amide bonds. The molecule has 1 aliphatic heterocycles. The van der Waals surface area contributed by atoms with Crippen LogP contribution in [0.2, 0.25) is 0 Å². The zero-order chi connectivity index (χ0) is 15.0. The van der Waals surface area contributed by atoms with Gasteiger partial charge in [-0.2, -0.15) is 0 Å². The molecule has 2 aliphatic rings. The summed E-state index contributed by atoms with van der Waals surface area (Å²) in [6, 6.07) is 0. The van der Waals surface area contributed by atoms with Crippen LogP contribution in [0.5, 0.6) is 0 Å². The molecule has 0 radical (unpaired) electrons. The lowest BCUT2D eigenvalue weighted by molar-refractivity contribution is -0.0352. The summed E-state index contributed by atoms with van der Waals surface area (Å²) in [5, 5.41) is 6.61. The number of hydrogen-bond donors (Lipinski definition) is 2. The zero-order valence-electron chi connectivity index (χ0n) is 13.2. The van der Waals surface area contributed by atoms with E-state index < -0.39 is 0 Å². The smallest absolute Gasteiger partial charge is 0.191 e. The largest absolute Gasteiger partial charge is 0.379 e. The predicted molar refractivity (Wildman–Crippen MR) is 86.4 cm³/mol. The van der Waals surface area contributed by atoms with Gasteiger partial charge in [-0.15, -0.1) is 6.42 Å². The Hall–Kier alpha value is -1.25. The van der Waals surface area contributed by atoms with Gasteiger partial charge in [0.05, 0.1) is 19.8 Å². The molecule has 5 nitrogen and oxygen atoms in total. The van der Waals surface area contributed by atoms with Crippen molar-refractivity contribution in [3.05, 3.63) is 0 Å². The molecule has 0 aromatic carbocycles. The van der Waals surface area contributed by atoms with Gasteiger partial charge in [-0.1, -0.05) is 25.2 Å². The van der Waals surface area contributed by atoms with E-state index in [9.17, 15) is 0 Å². The molecule has 1 saturated carbocycles. The molecule has 2 fully saturated rings. The van der Waals surface area contributed by atoms with Gasteiger partial charge in [0.1, 0.15) is 0 Å². The molecular weight excluding hydrogens is 264 g/mol. The van der Waals surface area contributed by atoms with Crippen LogP contribution in [-0.4, -0.2) is 62.8 Å². The minimum Gasteiger partial charge on any atom is -0.379 e.